The van der Waals surface area contributed by atoms with Crippen molar-refractivity contribution in [3.8, 4) is 0 Å². The quantitative estimate of drug-likeness (QED) is 0.692. The lowest BCUT2D eigenvalue weighted by molar-refractivity contribution is -0.234. The molecule has 2 heterocycles. The van der Waals surface area contributed by atoms with Crippen LogP contribution in [0.25, 0.3) is 0 Å². The average Bonchev–Trinajstić information content (AvgIpc) is 2.72. The minimum absolute atomic E-state index is 0.381. The molecule has 148 valence electrons. The van der Waals surface area contributed by atoms with E-state index < -0.39 is 43.1 Å². The highest BCUT2D eigenvalue weighted by Crippen LogP contribution is 2.40. The van der Waals surface area contributed by atoms with Gasteiger partial charge in [0, 0.05) is 0 Å². The number of aliphatic hydroxyl groups excluding tert-OH is 3. The van der Waals surface area contributed by atoms with Gasteiger partial charge in [0.1, 0.15) is 24.4 Å². The highest BCUT2D eigenvalue weighted by atomic mass is 16.6. The van der Waals surface area contributed by atoms with E-state index in [0.29, 0.717) is 17.5 Å². The minimum Gasteiger partial charge on any atom is -0.453 e. The van der Waals surface area contributed by atoms with Crippen LogP contribution >= 0.6 is 0 Å². The van der Waals surface area contributed by atoms with Crippen molar-refractivity contribution in [1.29, 1.82) is 0 Å². The van der Waals surface area contributed by atoms with Gasteiger partial charge in [-0.1, -0.05) is 43.3 Å². The molecule has 0 aliphatic carbocycles. The molecule has 0 spiro atoms. The van der Waals surface area contributed by atoms with Gasteiger partial charge in [-0.3, -0.25) is 0 Å². The summed E-state index contributed by atoms with van der Waals surface area (Å²) in [5.74, 6) is -0.549. The Morgan fingerprint density at radius 2 is 1.64 bits per heavy atom. The van der Waals surface area contributed by atoms with Crippen LogP contribution in [0, 0.1) is 0 Å². The Morgan fingerprint density at radius 3 is 2.32 bits per heavy atom. The first kappa shape index (κ1) is 19.1. The van der Waals surface area contributed by atoms with E-state index in [2.05, 4.69) is 31.2 Å². The average molecular weight is 384 g/mol. The molecule has 28 heavy (non-hydrogen) atoms. The molecular weight excluding hydrogens is 360 g/mol. The fourth-order valence-electron chi connectivity index (χ4n) is 3.93. The van der Waals surface area contributed by atoms with Gasteiger partial charge >= 0.3 is 5.97 Å². The second-order valence-corrected chi connectivity index (χ2v) is 7.40. The van der Waals surface area contributed by atoms with E-state index in [1.165, 1.54) is 5.56 Å². The molecule has 4 rings (SSSR count). The lowest BCUT2D eigenvalue weighted by atomic mass is 9.85. The van der Waals surface area contributed by atoms with Crippen LogP contribution in [0.15, 0.2) is 42.5 Å². The second kappa shape index (κ2) is 7.64. The molecule has 1 saturated heterocycles. The number of rotatable bonds is 4. The molecule has 6 nitrogen and oxygen atoms in total. The molecule has 0 aromatic heterocycles. The fourth-order valence-corrected chi connectivity index (χ4v) is 3.93. The lowest BCUT2D eigenvalue weighted by Gasteiger charge is -2.44. The molecule has 2 aromatic rings. The predicted molar refractivity (Wildman–Crippen MR) is 101 cm³/mol. The molecule has 0 bridgehead atoms. The maximum absolute atomic E-state index is 12.4. The number of hydrogen-bond acceptors (Lipinski definition) is 6. The molecule has 3 N–H and O–H groups in total. The van der Waals surface area contributed by atoms with E-state index in [4.69, 9.17) is 9.47 Å². The van der Waals surface area contributed by atoms with Crippen LogP contribution in [-0.2, 0) is 22.3 Å². The van der Waals surface area contributed by atoms with Crippen molar-refractivity contribution < 1.29 is 29.6 Å². The number of fused-ring (bicyclic) bond motifs is 3. The van der Waals surface area contributed by atoms with E-state index in [1.54, 1.807) is 6.07 Å². The Kier molecular flexibility index (Phi) is 5.21. The monoisotopic (exact) mass is 384 g/mol. The molecule has 2 aliphatic heterocycles. The van der Waals surface area contributed by atoms with E-state index in [-0.39, 0.29) is 0 Å². The van der Waals surface area contributed by atoms with Gasteiger partial charge in [-0.05, 0) is 41.2 Å². The number of esters is 1. The van der Waals surface area contributed by atoms with Crippen molar-refractivity contribution in [2.45, 2.75) is 50.3 Å². The largest absolute Gasteiger partial charge is 0.453 e. The number of carbonyl (C=O) groups is 1. The van der Waals surface area contributed by atoms with Crippen molar-refractivity contribution in [2.75, 3.05) is 6.61 Å². The van der Waals surface area contributed by atoms with Gasteiger partial charge in [0.15, 0.2) is 6.10 Å². The predicted octanol–water partition coefficient (Wildman–Crippen LogP) is 1.53. The molecule has 2 aliphatic rings. The zero-order valence-electron chi connectivity index (χ0n) is 15.6. The Labute approximate surface area is 163 Å². The highest BCUT2D eigenvalue weighted by Gasteiger charge is 2.50. The third kappa shape index (κ3) is 3.33. The highest BCUT2D eigenvalue weighted by molar-refractivity contribution is 5.92. The van der Waals surface area contributed by atoms with Crippen molar-refractivity contribution in [3.63, 3.8) is 0 Å². The van der Waals surface area contributed by atoms with E-state index >= 15 is 0 Å². The number of carbonyl (C=O) groups excluding carboxylic acids is 1. The third-order valence-corrected chi connectivity index (χ3v) is 5.59. The molecule has 0 amide bonds. The summed E-state index contributed by atoms with van der Waals surface area (Å²) in [6.07, 6.45) is -3.63. The van der Waals surface area contributed by atoms with Gasteiger partial charge in [-0.2, -0.15) is 0 Å². The van der Waals surface area contributed by atoms with Crippen molar-refractivity contribution in [2.24, 2.45) is 0 Å². The first-order chi connectivity index (χ1) is 13.5. The fraction of sp³-hybridized carbons (Fsp3) is 0.409. The summed E-state index contributed by atoms with van der Waals surface area (Å²) >= 11 is 0. The van der Waals surface area contributed by atoms with Gasteiger partial charge in [-0.15, -0.1) is 0 Å². The summed E-state index contributed by atoms with van der Waals surface area (Å²) in [6, 6.07) is 13.9. The maximum Gasteiger partial charge on any atom is 0.338 e. The summed E-state index contributed by atoms with van der Waals surface area (Å²) < 4.78 is 11.1. The molecule has 6 heteroatoms. The molecule has 2 aromatic carbocycles. The van der Waals surface area contributed by atoms with Crippen LogP contribution in [0.3, 0.4) is 0 Å². The number of hydrogen-bond donors (Lipinski definition) is 3. The lowest BCUT2D eigenvalue weighted by Crippen LogP contribution is -2.58. The maximum atomic E-state index is 12.4. The van der Waals surface area contributed by atoms with Crippen LogP contribution in [0.5, 0.6) is 0 Å². The first-order valence-corrected chi connectivity index (χ1v) is 9.56. The van der Waals surface area contributed by atoms with E-state index in [0.717, 1.165) is 17.5 Å². The number of ether oxygens (including phenoxy) is 2. The molecule has 5 atom stereocenters. The van der Waals surface area contributed by atoms with Gasteiger partial charge < -0.3 is 24.8 Å². The van der Waals surface area contributed by atoms with Gasteiger partial charge in [0.2, 0.25) is 0 Å². The summed E-state index contributed by atoms with van der Waals surface area (Å²) in [5.41, 5.74) is 4.43. The molecule has 0 radical (unpaired) electrons. The second-order valence-electron chi connectivity index (χ2n) is 7.40. The first-order valence-electron chi connectivity index (χ1n) is 9.56. The number of aliphatic hydroxyl groups is 3. The summed E-state index contributed by atoms with van der Waals surface area (Å²) in [6.45, 7) is 1.68. The van der Waals surface area contributed by atoms with E-state index in [1.807, 2.05) is 12.1 Å². The third-order valence-electron chi connectivity index (χ3n) is 5.59. The van der Waals surface area contributed by atoms with Gasteiger partial charge in [-0.25, -0.2) is 4.79 Å². The van der Waals surface area contributed by atoms with Crippen LogP contribution in [-0.4, -0.2) is 52.3 Å². The van der Waals surface area contributed by atoms with Gasteiger partial charge in [0.25, 0.3) is 0 Å². The SMILES string of the molecule is CCc1ccc(Cc2ccc3c(c2)[C@@H]2O[C@H](CO)[C@@H](O)[C@H](O)[C@@H]2OC3=O)cc1. The van der Waals surface area contributed by atoms with Gasteiger partial charge in [0.05, 0.1) is 12.2 Å². The van der Waals surface area contributed by atoms with Crippen molar-refractivity contribution >= 4 is 5.97 Å². The van der Waals surface area contributed by atoms with Crippen LogP contribution in [0.4, 0.5) is 0 Å². The Hall–Kier alpha value is -2.25. The Bertz CT molecular complexity index is 862. The molecule has 0 unspecified atom stereocenters. The normalized spacial score (nSPS) is 29.0. The molecule has 0 saturated carbocycles. The van der Waals surface area contributed by atoms with Crippen LogP contribution in [0.1, 0.15) is 45.6 Å². The minimum atomic E-state index is -1.32. The zero-order valence-corrected chi connectivity index (χ0v) is 15.6. The van der Waals surface area contributed by atoms with E-state index in [9.17, 15) is 20.1 Å². The number of aryl methyl sites for hydroxylation is 1. The smallest absolute Gasteiger partial charge is 0.338 e. The standard InChI is InChI=1S/C22H24O6/c1-2-12-3-5-13(6-4-12)9-14-7-8-15-16(10-14)20-21(28-22(15)26)19(25)18(24)17(11-23)27-20/h3-8,10,17-21,23-25H,2,9,11H2,1H3/t17-,18-,19+,20+,21+/m1/s1. The summed E-state index contributed by atoms with van der Waals surface area (Å²) in [7, 11) is 0. The zero-order chi connectivity index (χ0) is 19.8. The summed E-state index contributed by atoms with van der Waals surface area (Å²) in [4.78, 5) is 12.4. The Morgan fingerprint density at radius 1 is 0.964 bits per heavy atom. The number of benzene rings is 2. The van der Waals surface area contributed by atoms with Crippen LogP contribution in [0.2, 0.25) is 0 Å². The summed E-state index contributed by atoms with van der Waals surface area (Å²) in [5, 5.41) is 29.9. The van der Waals surface area contributed by atoms with Crippen molar-refractivity contribution in [3.05, 3.63) is 70.3 Å². The molecular formula is C22H24O6. The Balaban J connectivity index is 1.65. The molecule has 1 fully saturated rings. The van der Waals surface area contributed by atoms with Crippen LogP contribution < -0.4 is 0 Å². The topological polar surface area (TPSA) is 96.2 Å². The van der Waals surface area contributed by atoms with Crippen molar-refractivity contribution in [1.82, 2.24) is 0 Å².